The van der Waals surface area contributed by atoms with Gasteiger partial charge in [-0.3, -0.25) is 4.79 Å². The third kappa shape index (κ3) is 2.84. The van der Waals surface area contributed by atoms with Crippen molar-refractivity contribution in [2.45, 2.75) is 38.5 Å². The fraction of sp³-hybridized carbons (Fsp3) is 0.533. The lowest BCUT2D eigenvalue weighted by molar-refractivity contribution is -0.140. The summed E-state index contributed by atoms with van der Waals surface area (Å²) in [6.07, 6.45) is 4.38. The van der Waals surface area contributed by atoms with Gasteiger partial charge in [0.1, 0.15) is 5.75 Å². The van der Waals surface area contributed by atoms with Crippen LogP contribution in [-0.2, 0) is 4.79 Å². The van der Waals surface area contributed by atoms with Gasteiger partial charge in [-0.15, -0.1) is 0 Å². The fourth-order valence-electron chi connectivity index (χ4n) is 2.85. The first-order valence-corrected chi connectivity index (χ1v) is 6.68. The fourth-order valence-corrected chi connectivity index (χ4v) is 2.85. The van der Waals surface area contributed by atoms with Crippen molar-refractivity contribution in [3.05, 3.63) is 29.8 Å². The molecular weight excluding hydrogens is 228 g/mol. The maximum absolute atomic E-state index is 11.5. The number of aliphatic carboxylic acids is 1. The van der Waals surface area contributed by atoms with E-state index in [0.717, 1.165) is 37.0 Å². The van der Waals surface area contributed by atoms with Crippen molar-refractivity contribution < 1.29 is 14.6 Å². The van der Waals surface area contributed by atoms with Crippen molar-refractivity contribution in [3.63, 3.8) is 0 Å². The zero-order chi connectivity index (χ0) is 13.0. The monoisotopic (exact) mass is 248 g/mol. The molecule has 0 bridgehead atoms. The summed E-state index contributed by atoms with van der Waals surface area (Å²) in [6.45, 7) is 2.57. The van der Waals surface area contributed by atoms with Crippen molar-refractivity contribution >= 4 is 5.97 Å². The van der Waals surface area contributed by atoms with Gasteiger partial charge in [-0.1, -0.05) is 25.0 Å². The molecule has 1 aliphatic carbocycles. The highest BCUT2D eigenvalue weighted by atomic mass is 16.5. The molecule has 0 amide bonds. The average molecular weight is 248 g/mol. The Hall–Kier alpha value is -1.51. The normalized spacial score (nSPS) is 17.6. The van der Waals surface area contributed by atoms with Crippen LogP contribution in [0, 0.1) is 5.92 Å². The first-order chi connectivity index (χ1) is 8.72. The molecule has 1 aromatic carbocycles. The highest BCUT2D eigenvalue weighted by molar-refractivity contribution is 5.76. The van der Waals surface area contributed by atoms with Crippen LogP contribution in [0.5, 0.6) is 5.75 Å². The Morgan fingerprint density at radius 1 is 1.33 bits per heavy atom. The van der Waals surface area contributed by atoms with Crippen LogP contribution in [0.25, 0.3) is 0 Å². The molecular formula is C15H20O3. The summed E-state index contributed by atoms with van der Waals surface area (Å²) in [5.74, 6) is 0.0338. The van der Waals surface area contributed by atoms with Crippen LogP contribution in [0.2, 0.25) is 0 Å². The first-order valence-electron chi connectivity index (χ1n) is 6.68. The second-order valence-corrected chi connectivity index (χ2v) is 4.86. The van der Waals surface area contributed by atoms with E-state index < -0.39 is 5.97 Å². The van der Waals surface area contributed by atoms with Crippen molar-refractivity contribution in [1.29, 1.82) is 0 Å². The smallest absolute Gasteiger partial charge is 0.311 e. The molecule has 0 saturated heterocycles. The Bertz CT molecular complexity index is 391. The summed E-state index contributed by atoms with van der Waals surface area (Å²) in [7, 11) is 0. The number of hydrogen-bond acceptors (Lipinski definition) is 2. The Labute approximate surface area is 108 Å². The van der Waals surface area contributed by atoms with Crippen LogP contribution in [0.4, 0.5) is 0 Å². The molecule has 1 saturated carbocycles. The first kappa shape index (κ1) is 12.9. The molecule has 1 N–H and O–H groups in total. The highest BCUT2D eigenvalue weighted by Crippen LogP contribution is 2.37. The number of hydrogen-bond donors (Lipinski definition) is 1. The van der Waals surface area contributed by atoms with Gasteiger partial charge in [0.15, 0.2) is 0 Å². The number of benzene rings is 1. The molecule has 1 atom stereocenters. The molecule has 0 spiro atoms. The molecule has 0 aliphatic heterocycles. The minimum atomic E-state index is -0.703. The lowest BCUT2D eigenvalue weighted by atomic mass is 9.85. The number of carboxylic acids is 1. The van der Waals surface area contributed by atoms with Crippen LogP contribution >= 0.6 is 0 Å². The van der Waals surface area contributed by atoms with E-state index in [1.165, 1.54) is 0 Å². The van der Waals surface area contributed by atoms with E-state index in [0.29, 0.717) is 12.5 Å². The Morgan fingerprint density at radius 2 is 1.94 bits per heavy atom. The van der Waals surface area contributed by atoms with E-state index in [1.54, 1.807) is 0 Å². The molecule has 0 aromatic heterocycles. The molecule has 1 fully saturated rings. The van der Waals surface area contributed by atoms with Crippen LogP contribution in [-0.4, -0.2) is 17.7 Å². The van der Waals surface area contributed by atoms with Crippen LogP contribution in [0.3, 0.4) is 0 Å². The molecule has 0 heterocycles. The van der Waals surface area contributed by atoms with Gasteiger partial charge in [-0.05, 0) is 43.4 Å². The molecule has 1 aliphatic rings. The number of rotatable bonds is 5. The summed E-state index contributed by atoms with van der Waals surface area (Å²) in [4.78, 5) is 11.5. The van der Waals surface area contributed by atoms with Crippen LogP contribution < -0.4 is 4.74 Å². The second kappa shape index (κ2) is 5.89. The number of carbonyl (C=O) groups is 1. The zero-order valence-electron chi connectivity index (χ0n) is 10.8. The van der Waals surface area contributed by atoms with E-state index in [2.05, 4.69) is 0 Å². The molecule has 98 valence electrons. The Balaban J connectivity index is 2.17. The lowest BCUT2D eigenvalue weighted by Gasteiger charge is -2.19. The van der Waals surface area contributed by atoms with Gasteiger partial charge in [0, 0.05) is 0 Å². The van der Waals surface area contributed by atoms with Gasteiger partial charge in [-0.2, -0.15) is 0 Å². The van der Waals surface area contributed by atoms with Gasteiger partial charge < -0.3 is 9.84 Å². The predicted octanol–water partition coefficient (Wildman–Crippen LogP) is 3.44. The predicted molar refractivity (Wildman–Crippen MR) is 69.9 cm³/mol. The van der Waals surface area contributed by atoms with E-state index >= 15 is 0 Å². The number of carboxylic acid groups (broad SMARTS) is 1. The van der Waals surface area contributed by atoms with Crippen molar-refractivity contribution in [3.8, 4) is 5.75 Å². The van der Waals surface area contributed by atoms with Gasteiger partial charge in [0.05, 0.1) is 12.5 Å². The zero-order valence-corrected chi connectivity index (χ0v) is 10.8. The molecule has 0 radical (unpaired) electrons. The summed E-state index contributed by atoms with van der Waals surface area (Å²) in [5.41, 5.74) is 0.901. The van der Waals surface area contributed by atoms with Crippen LogP contribution in [0.1, 0.15) is 44.1 Å². The maximum atomic E-state index is 11.5. The van der Waals surface area contributed by atoms with Crippen molar-refractivity contribution in [2.24, 2.45) is 5.92 Å². The van der Waals surface area contributed by atoms with Gasteiger partial charge >= 0.3 is 5.97 Å². The maximum Gasteiger partial charge on any atom is 0.311 e. The topological polar surface area (TPSA) is 46.5 Å². The minimum absolute atomic E-state index is 0.292. The SMILES string of the molecule is CCOc1ccc(C(C(=O)O)C2CCCC2)cc1. The summed E-state index contributed by atoms with van der Waals surface area (Å²) in [6, 6.07) is 7.51. The van der Waals surface area contributed by atoms with E-state index in [1.807, 2.05) is 31.2 Å². The standard InChI is InChI=1S/C15H20O3/c1-2-18-13-9-7-12(8-10-13)14(15(16)17)11-5-3-4-6-11/h7-11,14H,2-6H2,1H3,(H,16,17). The number of ether oxygens (including phenoxy) is 1. The lowest BCUT2D eigenvalue weighted by Crippen LogP contribution is -2.19. The third-order valence-corrected chi connectivity index (χ3v) is 3.69. The van der Waals surface area contributed by atoms with E-state index in [4.69, 9.17) is 4.74 Å². The molecule has 2 rings (SSSR count). The van der Waals surface area contributed by atoms with Crippen molar-refractivity contribution in [1.82, 2.24) is 0 Å². The molecule has 3 nitrogen and oxygen atoms in total. The van der Waals surface area contributed by atoms with E-state index in [9.17, 15) is 9.90 Å². The molecule has 1 aromatic rings. The van der Waals surface area contributed by atoms with Gasteiger partial charge in [-0.25, -0.2) is 0 Å². The Kier molecular flexibility index (Phi) is 4.24. The quantitative estimate of drug-likeness (QED) is 0.868. The summed E-state index contributed by atoms with van der Waals surface area (Å²) < 4.78 is 5.38. The highest BCUT2D eigenvalue weighted by Gasteiger charge is 2.31. The van der Waals surface area contributed by atoms with E-state index in [-0.39, 0.29) is 5.92 Å². The minimum Gasteiger partial charge on any atom is -0.494 e. The Morgan fingerprint density at radius 3 is 2.44 bits per heavy atom. The molecule has 18 heavy (non-hydrogen) atoms. The van der Waals surface area contributed by atoms with Gasteiger partial charge in [0.2, 0.25) is 0 Å². The summed E-state index contributed by atoms with van der Waals surface area (Å²) >= 11 is 0. The van der Waals surface area contributed by atoms with Crippen molar-refractivity contribution in [2.75, 3.05) is 6.61 Å². The molecule has 1 unspecified atom stereocenters. The van der Waals surface area contributed by atoms with Gasteiger partial charge in [0.25, 0.3) is 0 Å². The second-order valence-electron chi connectivity index (χ2n) is 4.86. The average Bonchev–Trinajstić information content (AvgIpc) is 2.85. The molecule has 3 heteroatoms. The largest absolute Gasteiger partial charge is 0.494 e. The third-order valence-electron chi connectivity index (χ3n) is 3.69. The summed E-state index contributed by atoms with van der Waals surface area (Å²) in [5, 5.41) is 9.43. The van der Waals surface area contributed by atoms with Crippen LogP contribution in [0.15, 0.2) is 24.3 Å².